The van der Waals surface area contributed by atoms with Crippen LogP contribution in [0.2, 0.25) is 0 Å². The number of benzene rings is 2. The second-order valence-electron chi connectivity index (χ2n) is 5.09. The molecule has 6 heteroatoms. The van der Waals surface area contributed by atoms with E-state index in [1.54, 1.807) is 0 Å². The number of hydrogen-bond acceptors (Lipinski definition) is 3. The maximum Gasteiger partial charge on any atom is 0.408 e. The van der Waals surface area contributed by atoms with Crippen molar-refractivity contribution in [2.45, 2.75) is 13.0 Å². The lowest BCUT2D eigenvalue weighted by molar-refractivity contribution is -0.136. The van der Waals surface area contributed by atoms with Gasteiger partial charge in [0.1, 0.15) is 12.4 Å². The maximum atomic E-state index is 13.3. The normalized spacial score (nSPS) is 9.64. The zero-order valence-electron chi connectivity index (χ0n) is 13.3. The molecule has 0 saturated carbocycles. The first-order valence-corrected chi connectivity index (χ1v) is 7.48. The Morgan fingerprint density at radius 3 is 2.64 bits per heavy atom. The molecule has 0 aliphatic heterocycles. The molecule has 1 amide bonds. The maximum absolute atomic E-state index is 13.3. The van der Waals surface area contributed by atoms with E-state index in [0.29, 0.717) is 5.56 Å². The lowest BCUT2D eigenvalue weighted by Crippen LogP contribution is -2.24. The van der Waals surface area contributed by atoms with Crippen LogP contribution in [-0.4, -0.2) is 23.7 Å². The molecule has 2 N–H and O–H groups in total. The Hall–Kier alpha value is -3.33. The second-order valence-corrected chi connectivity index (χ2v) is 5.09. The van der Waals surface area contributed by atoms with Crippen LogP contribution in [0, 0.1) is 17.7 Å². The molecule has 2 aromatic carbocycles. The smallest absolute Gasteiger partial charge is 0.408 e. The number of carboxylic acid groups (broad SMARTS) is 1. The van der Waals surface area contributed by atoms with Gasteiger partial charge in [-0.2, -0.15) is 0 Å². The lowest BCUT2D eigenvalue weighted by atomic mass is 10.0. The summed E-state index contributed by atoms with van der Waals surface area (Å²) in [5, 5.41) is 11.3. The minimum absolute atomic E-state index is 0.00333. The number of alkyl carbamates (subject to hydrolysis) is 1. The van der Waals surface area contributed by atoms with Crippen molar-refractivity contribution in [1.29, 1.82) is 0 Å². The van der Waals surface area contributed by atoms with Crippen molar-refractivity contribution >= 4 is 12.1 Å². The van der Waals surface area contributed by atoms with Gasteiger partial charge in [-0.25, -0.2) is 9.18 Å². The lowest BCUT2D eigenvalue weighted by Gasteiger charge is -2.04. The molecule has 2 aromatic rings. The minimum Gasteiger partial charge on any atom is -0.481 e. The van der Waals surface area contributed by atoms with Gasteiger partial charge in [-0.15, -0.1) is 0 Å². The molecule has 0 bridgehead atoms. The molecule has 25 heavy (non-hydrogen) atoms. The number of amides is 1. The van der Waals surface area contributed by atoms with Gasteiger partial charge in [0.15, 0.2) is 0 Å². The largest absolute Gasteiger partial charge is 0.481 e. The summed E-state index contributed by atoms with van der Waals surface area (Å²) in [4.78, 5) is 22.4. The summed E-state index contributed by atoms with van der Waals surface area (Å²) in [6, 6.07) is 13.0. The van der Waals surface area contributed by atoms with Crippen LogP contribution in [0.15, 0.2) is 48.5 Å². The first kappa shape index (κ1) is 18.0. The molecular formula is C19H16FNO4. The SMILES string of the molecule is O=C(O)Cc1ccc(F)cc1C#CCNC(=O)OCc1ccccc1. The number of carboxylic acids is 1. The van der Waals surface area contributed by atoms with Crippen molar-refractivity contribution in [3.05, 3.63) is 71.0 Å². The number of hydrogen-bond donors (Lipinski definition) is 2. The van der Waals surface area contributed by atoms with Crippen LogP contribution in [0.25, 0.3) is 0 Å². The van der Waals surface area contributed by atoms with E-state index in [4.69, 9.17) is 9.84 Å². The first-order chi connectivity index (χ1) is 12.0. The van der Waals surface area contributed by atoms with Crippen LogP contribution in [0.5, 0.6) is 0 Å². The zero-order valence-corrected chi connectivity index (χ0v) is 13.3. The van der Waals surface area contributed by atoms with Gasteiger partial charge in [-0.05, 0) is 23.3 Å². The van der Waals surface area contributed by atoms with Crippen LogP contribution < -0.4 is 5.32 Å². The summed E-state index contributed by atoms with van der Waals surface area (Å²) in [7, 11) is 0. The summed E-state index contributed by atoms with van der Waals surface area (Å²) in [6.07, 6.45) is -0.875. The van der Waals surface area contributed by atoms with E-state index in [1.807, 2.05) is 30.3 Å². The van der Waals surface area contributed by atoms with Crippen LogP contribution in [-0.2, 0) is 22.6 Å². The van der Waals surface area contributed by atoms with Gasteiger partial charge in [0.05, 0.1) is 13.0 Å². The fourth-order valence-electron chi connectivity index (χ4n) is 2.01. The standard InChI is InChI=1S/C19H16FNO4/c20-17-9-8-16(12-18(22)23)15(11-17)7-4-10-21-19(24)25-13-14-5-2-1-3-6-14/h1-3,5-6,8-9,11H,10,12-13H2,(H,21,24)(H,22,23). The van der Waals surface area contributed by atoms with E-state index >= 15 is 0 Å². The molecule has 128 valence electrons. The van der Waals surface area contributed by atoms with E-state index < -0.39 is 17.9 Å². The van der Waals surface area contributed by atoms with E-state index in [2.05, 4.69) is 17.2 Å². The molecule has 0 atom stereocenters. The molecule has 0 unspecified atom stereocenters. The summed E-state index contributed by atoms with van der Waals surface area (Å²) >= 11 is 0. The third-order valence-corrected chi connectivity index (χ3v) is 3.17. The second kappa shape index (κ2) is 9.08. The van der Waals surface area contributed by atoms with Crippen LogP contribution >= 0.6 is 0 Å². The van der Waals surface area contributed by atoms with Crippen LogP contribution in [0.3, 0.4) is 0 Å². The van der Waals surface area contributed by atoms with E-state index in [-0.39, 0.29) is 25.1 Å². The highest BCUT2D eigenvalue weighted by atomic mass is 19.1. The molecule has 2 rings (SSSR count). The fourth-order valence-corrected chi connectivity index (χ4v) is 2.01. The molecule has 0 aromatic heterocycles. The van der Waals surface area contributed by atoms with Crippen LogP contribution in [0.1, 0.15) is 16.7 Å². The molecule has 0 aliphatic carbocycles. The molecule has 0 radical (unpaired) electrons. The Morgan fingerprint density at radius 1 is 1.16 bits per heavy atom. The van der Waals surface area contributed by atoms with Gasteiger partial charge < -0.3 is 15.2 Å². The average molecular weight is 341 g/mol. The molecule has 0 saturated heterocycles. The summed E-state index contributed by atoms with van der Waals surface area (Å²) in [5.74, 6) is 3.78. The van der Waals surface area contributed by atoms with Gasteiger partial charge in [0.25, 0.3) is 0 Å². The number of ether oxygens (including phenoxy) is 1. The molecule has 0 heterocycles. The van der Waals surface area contributed by atoms with E-state index in [9.17, 15) is 14.0 Å². The van der Waals surface area contributed by atoms with Crippen molar-refractivity contribution in [3.63, 3.8) is 0 Å². The highest BCUT2D eigenvalue weighted by Crippen LogP contribution is 2.11. The first-order valence-electron chi connectivity index (χ1n) is 7.48. The quantitative estimate of drug-likeness (QED) is 0.820. The number of rotatable bonds is 5. The van der Waals surface area contributed by atoms with Gasteiger partial charge >= 0.3 is 12.1 Å². The molecule has 0 spiro atoms. The third-order valence-electron chi connectivity index (χ3n) is 3.17. The summed E-state index contributed by atoms with van der Waals surface area (Å²) in [6.45, 7) is 0.142. The van der Waals surface area contributed by atoms with Gasteiger partial charge in [0.2, 0.25) is 0 Å². The highest BCUT2D eigenvalue weighted by Gasteiger charge is 2.06. The zero-order chi connectivity index (χ0) is 18.1. The van der Waals surface area contributed by atoms with Gasteiger partial charge in [0, 0.05) is 5.56 Å². The number of nitrogens with one attached hydrogen (secondary N) is 1. The number of aliphatic carboxylic acids is 1. The Balaban J connectivity index is 1.86. The Bertz CT molecular complexity index is 809. The molecular weight excluding hydrogens is 325 g/mol. The minimum atomic E-state index is -1.03. The number of carbonyl (C=O) groups excluding carboxylic acids is 1. The highest BCUT2D eigenvalue weighted by molar-refractivity contribution is 5.71. The van der Waals surface area contributed by atoms with Crippen LogP contribution in [0.4, 0.5) is 9.18 Å². The predicted octanol–water partition coefficient (Wildman–Crippen LogP) is 2.73. The van der Waals surface area contributed by atoms with Crippen molar-refractivity contribution in [2.75, 3.05) is 6.54 Å². The molecule has 0 fully saturated rings. The molecule has 0 aliphatic rings. The topological polar surface area (TPSA) is 75.6 Å². The molecule has 5 nitrogen and oxygen atoms in total. The Labute approximate surface area is 144 Å². The average Bonchev–Trinajstić information content (AvgIpc) is 2.59. The number of carbonyl (C=O) groups is 2. The number of halogens is 1. The van der Waals surface area contributed by atoms with Crippen molar-refractivity contribution in [2.24, 2.45) is 0 Å². The predicted molar refractivity (Wildman–Crippen MR) is 89.2 cm³/mol. The van der Waals surface area contributed by atoms with Crippen molar-refractivity contribution < 1.29 is 23.8 Å². The Morgan fingerprint density at radius 2 is 1.92 bits per heavy atom. The van der Waals surface area contributed by atoms with Gasteiger partial charge in [-0.3, -0.25) is 4.79 Å². The Kier molecular flexibility index (Phi) is 6.55. The third kappa shape index (κ3) is 6.36. The van der Waals surface area contributed by atoms with Crippen molar-refractivity contribution in [1.82, 2.24) is 5.32 Å². The van der Waals surface area contributed by atoms with E-state index in [0.717, 1.165) is 5.56 Å². The van der Waals surface area contributed by atoms with E-state index in [1.165, 1.54) is 18.2 Å². The van der Waals surface area contributed by atoms with Gasteiger partial charge in [-0.1, -0.05) is 48.2 Å². The fraction of sp³-hybridized carbons (Fsp3) is 0.158. The van der Waals surface area contributed by atoms with Crippen molar-refractivity contribution in [3.8, 4) is 11.8 Å². The monoisotopic (exact) mass is 341 g/mol. The summed E-state index contributed by atoms with van der Waals surface area (Å²) < 4.78 is 18.3. The summed E-state index contributed by atoms with van der Waals surface area (Å²) in [5.41, 5.74) is 1.55.